The van der Waals surface area contributed by atoms with E-state index in [9.17, 15) is 34.2 Å². The zero-order chi connectivity index (χ0) is 32.1. The number of benzene rings is 3. The molecule has 8 N–H and O–H groups in total. The maximum absolute atomic E-state index is 13.7. The molecule has 232 valence electrons. The SMILES string of the molecule is NC(Cc1ccccc1)C(=O)NC(Cc1ccc(O)cc1)C(=O)NC(Cc1ccccc1)C(=O)NC(CCC(=O)O)C(=O)O. The molecule has 12 nitrogen and oxygen atoms in total. The van der Waals surface area contributed by atoms with Gasteiger partial charge in [0.25, 0.3) is 0 Å². The molecule has 44 heavy (non-hydrogen) atoms. The van der Waals surface area contributed by atoms with Crippen LogP contribution in [0.1, 0.15) is 29.5 Å². The van der Waals surface area contributed by atoms with Gasteiger partial charge in [-0.05, 0) is 41.7 Å². The molecule has 0 radical (unpaired) electrons. The lowest BCUT2D eigenvalue weighted by Gasteiger charge is -2.25. The molecule has 3 rings (SSSR count). The lowest BCUT2D eigenvalue weighted by Crippen LogP contribution is -2.58. The van der Waals surface area contributed by atoms with Crippen molar-refractivity contribution in [1.82, 2.24) is 16.0 Å². The van der Waals surface area contributed by atoms with E-state index in [4.69, 9.17) is 10.8 Å². The van der Waals surface area contributed by atoms with Crippen LogP contribution >= 0.6 is 0 Å². The first-order valence-electron chi connectivity index (χ1n) is 14.0. The first-order chi connectivity index (χ1) is 21.0. The van der Waals surface area contributed by atoms with Gasteiger partial charge in [0.2, 0.25) is 17.7 Å². The van der Waals surface area contributed by atoms with E-state index in [-0.39, 0.29) is 31.4 Å². The van der Waals surface area contributed by atoms with Crippen molar-refractivity contribution >= 4 is 29.7 Å². The summed E-state index contributed by atoms with van der Waals surface area (Å²) < 4.78 is 0. The fourth-order valence-corrected chi connectivity index (χ4v) is 4.45. The van der Waals surface area contributed by atoms with Crippen LogP contribution in [0.15, 0.2) is 84.9 Å². The summed E-state index contributed by atoms with van der Waals surface area (Å²) in [4.78, 5) is 62.8. The number of phenols is 1. The number of carbonyl (C=O) groups excluding carboxylic acids is 3. The Hall–Kier alpha value is -5.23. The molecular weight excluding hydrogens is 568 g/mol. The average Bonchev–Trinajstić information content (AvgIpc) is 3.00. The van der Waals surface area contributed by atoms with Crippen molar-refractivity contribution < 1.29 is 39.3 Å². The summed E-state index contributed by atoms with van der Waals surface area (Å²) in [5, 5.41) is 35.8. The Balaban J connectivity index is 1.83. The van der Waals surface area contributed by atoms with Gasteiger partial charge in [-0.1, -0.05) is 72.8 Å². The van der Waals surface area contributed by atoms with Gasteiger partial charge < -0.3 is 37.0 Å². The first kappa shape index (κ1) is 33.3. The Morgan fingerprint density at radius 1 is 0.591 bits per heavy atom. The van der Waals surface area contributed by atoms with E-state index in [1.165, 1.54) is 12.1 Å². The molecule has 3 aromatic carbocycles. The van der Waals surface area contributed by atoms with Crippen LogP contribution in [0, 0.1) is 0 Å². The number of hydrogen-bond donors (Lipinski definition) is 7. The Morgan fingerprint density at radius 2 is 1.02 bits per heavy atom. The van der Waals surface area contributed by atoms with Crippen LogP contribution in [0.3, 0.4) is 0 Å². The second kappa shape index (κ2) is 16.4. The lowest BCUT2D eigenvalue weighted by molar-refractivity contribution is -0.143. The van der Waals surface area contributed by atoms with E-state index in [1.807, 2.05) is 30.3 Å². The molecule has 0 aliphatic rings. The second-order valence-electron chi connectivity index (χ2n) is 10.3. The number of carboxylic acids is 2. The molecule has 0 aromatic heterocycles. The van der Waals surface area contributed by atoms with Crippen LogP contribution in [-0.2, 0) is 43.2 Å². The zero-order valence-corrected chi connectivity index (χ0v) is 23.9. The highest BCUT2D eigenvalue weighted by Gasteiger charge is 2.31. The molecule has 0 saturated carbocycles. The Kier molecular flexibility index (Phi) is 12.4. The van der Waals surface area contributed by atoms with Gasteiger partial charge >= 0.3 is 11.9 Å². The number of carboxylic acid groups (broad SMARTS) is 2. The normalized spacial score (nSPS) is 13.5. The Bertz CT molecular complexity index is 1420. The third-order valence-electron chi connectivity index (χ3n) is 6.82. The Labute approximate surface area is 254 Å². The van der Waals surface area contributed by atoms with Crippen molar-refractivity contribution in [3.05, 3.63) is 102 Å². The van der Waals surface area contributed by atoms with Crippen LogP contribution in [-0.4, -0.2) is 69.1 Å². The summed E-state index contributed by atoms with van der Waals surface area (Å²) in [6.45, 7) is 0. The van der Waals surface area contributed by atoms with Crippen molar-refractivity contribution in [2.75, 3.05) is 0 Å². The molecule has 4 unspecified atom stereocenters. The predicted molar refractivity (Wildman–Crippen MR) is 160 cm³/mol. The molecule has 0 aliphatic carbocycles. The number of amides is 3. The van der Waals surface area contributed by atoms with Gasteiger partial charge in [0.05, 0.1) is 6.04 Å². The molecule has 0 heterocycles. The van der Waals surface area contributed by atoms with Gasteiger partial charge in [-0.3, -0.25) is 19.2 Å². The molecular formula is C32H36N4O8. The fraction of sp³-hybridized carbons (Fsp3) is 0.281. The van der Waals surface area contributed by atoms with Crippen LogP contribution < -0.4 is 21.7 Å². The van der Waals surface area contributed by atoms with E-state index in [0.29, 0.717) is 11.1 Å². The van der Waals surface area contributed by atoms with Gasteiger partial charge in [0, 0.05) is 19.3 Å². The molecule has 0 fully saturated rings. The van der Waals surface area contributed by atoms with E-state index < -0.39 is 60.2 Å². The number of aliphatic carboxylic acids is 2. The summed E-state index contributed by atoms with van der Waals surface area (Å²) in [7, 11) is 0. The summed E-state index contributed by atoms with van der Waals surface area (Å²) in [6, 6.07) is 18.9. The second-order valence-corrected chi connectivity index (χ2v) is 10.3. The van der Waals surface area contributed by atoms with Crippen LogP contribution in [0.2, 0.25) is 0 Å². The number of nitrogens with one attached hydrogen (secondary N) is 3. The molecule has 12 heteroatoms. The fourth-order valence-electron chi connectivity index (χ4n) is 4.45. The third-order valence-corrected chi connectivity index (χ3v) is 6.82. The topological polar surface area (TPSA) is 208 Å². The monoisotopic (exact) mass is 604 g/mol. The molecule has 0 aliphatic heterocycles. The number of rotatable bonds is 16. The average molecular weight is 605 g/mol. The van der Waals surface area contributed by atoms with Crippen molar-refractivity contribution in [3.8, 4) is 5.75 Å². The summed E-state index contributed by atoms with van der Waals surface area (Å²) in [5.74, 6) is -4.80. The van der Waals surface area contributed by atoms with Crippen molar-refractivity contribution in [3.63, 3.8) is 0 Å². The Morgan fingerprint density at radius 3 is 1.50 bits per heavy atom. The predicted octanol–water partition coefficient (Wildman–Crippen LogP) is 1.15. The van der Waals surface area contributed by atoms with Gasteiger partial charge in [0.15, 0.2) is 0 Å². The van der Waals surface area contributed by atoms with Crippen LogP contribution in [0.4, 0.5) is 0 Å². The maximum Gasteiger partial charge on any atom is 0.326 e. The summed E-state index contributed by atoms with van der Waals surface area (Å²) in [5.41, 5.74) is 8.24. The molecule has 4 atom stereocenters. The minimum atomic E-state index is -1.50. The van der Waals surface area contributed by atoms with Crippen LogP contribution in [0.25, 0.3) is 0 Å². The summed E-state index contributed by atoms with van der Waals surface area (Å²) in [6.07, 6.45) is -0.659. The highest BCUT2D eigenvalue weighted by atomic mass is 16.4. The zero-order valence-electron chi connectivity index (χ0n) is 23.9. The highest BCUT2D eigenvalue weighted by Crippen LogP contribution is 2.13. The summed E-state index contributed by atoms with van der Waals surface area (Å²) >= 11 is 0. The molecule has 0 bridgehead atoms. The van der Waals surface area contributed by atoms with E-state index in [1.54, 1.807) is 42.5 Å². The first-order valence-corrected chi connectivity index (χ1v) is 14.0. The van der Waals surface area contributed by atoms with E-state index >= 15 is 0 Å². The van der Waals surface area contributed by atoms with Gasteiger partial charge in [-0.2, -0.15) is 0 Å². The van der Waals surface area contributed by atoms with E-state index in [2.05, 4.69) is 16.0 Å². The van der Waals surface area contributed by atoms with Crippen molar-refractivity contribution in [1.29, 1.82) is 0 Å². The maximum atomic E-state index is 13.7. The molecule has 0 saturated heterocycles. The van der Waals surface area contributed by atoms with Gasteiger partial charge in [-0.15, -0.1) is 0 Å². The number of aromatic hydroxyl groups is 1. The number of carbonyl (C=O) groups is 5. The third kappa shape index (κ3) is 10.9. The van der Waals surface area contributed by atoms with Gasteiger partial charge in [0.1, 0.15) is 23.9 Å². The minimum absolute atomic E-state index is 0.00799. The number of phenolic OH excluding ortho intramolecular Hbond substituents is 1. The standard InChI is InChI=1S/C32H36N4O8/c33-24(17-20-7-3-1-4-8-20)29(40)35-26(19-22-11-13-23(37)14-12-22)31(42)36-27(18-21-9-5-2-6-10-21)30(41)34-25(32(43)44)15-16-28(38)39/h1-14,24-27,37H,15-19,33H2,(H,34,41)(H,35,40)(H,36,42)(H,38,39)(H,43,44). The quantitative estimate of drug-likeness (QED) is 0.125. The van der Waals surface area contributed by atoms with Crippen molar-refractivity contribution in [2.24, 2.45) is 5.73 Å². The van der Waals surface area contributed by atoms with Crippen molar-refractivity contribution in [2.45, 2.75) is 56.3 Å². The highest BCUT2D eigenvalue weighted by molar-refractivity contribution is 5.94. The lowest BCUT2D eigenvalue weighted by atomic mass is 10.0. The largest absolute Gasteiger partial charge is 0.508 e. The van der Waals surface area contributed by atoms with Crippen LogP contribution in [0.5, 0.6) is 5.75 Å². The number of hydrogen-bond acceptors (Lipinski definition) is 7. The molecule has 3 aromatic rings. The minimum Gasteiger partial charge on any atom is -0.508 e. The number of nitrogens with two attached hydrogens (primary N) is 1. The van der Waals surface area contributed by atoms with Gasteiger partial charge in [-0.25, -0.2) is 4.79 Å². The molecule has 0 spiro atoms. The smallest absolute Gasteiger partial charge is 0.326 e. The molecule has 3 amide bonds. The van der Waals surface area contributed by atoms with E-state index in [0.717, 1.165) is 5.56 Å².